The number of hydrogen-bond donors (Lipinski definition) is 3. The molecular formula is C12H23N3O2. The van der Waals surface area contributed by atoms with Crippen molar-refractivity contribution in [2.75, 3.05) is 13.1 Å². The predicted molar refractivity (Wildman–Crippen MR) is 66.2 cm³/mol. The highest BCUT2D eigenvalue weighted by molar-refractivity contribution is 5.79. The summed E-state index contributed by atoms with van der Waals surface area (Å²) in [5, 5.41) is 5.48. The quantitative estimate of drug-likeness (QED) is 0.606. The summed E-state index contributed by atoms with van der Waals surface area (Å²) in [6, 6.07) is 0.134. The zero-order valence-electron chi connectivity index (χ0n) is 10.7. The summed E-state index contributed by atoms with van der Waals surface area (Å²) in [6.45, 7) is 4.56. The summed E-state index contributed by atoms with van der Waals surface area (Å²) in [7, 11) is 0. The normalized spacial score (nSPS) is 28.5. The van der Waals surface area contributed by atoms with Gasteiger partial charge >= 0.3 is 0 Å². The van der Waals surface area contributed by atoms with Crippen LogP contribution in [-0.2, 0) is 9.59 Å². The van der Waals surface area contributed by atoms with E-state index in [1.54, 1.807) is 0 Å². The van der Waals surface area contributed by atoms with Crippen molar-refractivity contribution in [3.05, 3.63) is 0 Å². The van der Waals surface area contributed by atoms with Gasteiger partial charge in [-0.25, -0.2) is 0 Å². The Kier molecular flexibility index (Phi) is 5.41. The summed E-state index contributed by atoms with van der Waals surface area (Å²) < 4.78 is 0. The lowest BCUT2D eigenvalue weighted by atomic mass is 9.79. The van der Waals surface area contributed by atoms with Gasteiger partial charge in [-0.2, -0.15) is 0 Å². The third-order valence-corrected chi connectivity index (χ3v) is 3.43. The molecule has 98 valence electrons. The molecule has 1 saturated carbocycles. The predicted octanol–water partition coefficient (Wildman–Crippen LogP) is 0.00220. The van der Waals surface area contributed by atoms with Gasteiger partial charge < -0.3 is 16.4 Å². The van der Waals surface area contributed by atoms with Crippen molar-refractivity contribution >= 4 is 11.8 Å². The first-order valence-corrected chi connectivity index (χ1v) is 6.28. The van der Waals surface area contributed by atoms with Gasteiger partial charge in [0.2, 0.25) is 11.8 Å². The van der Waals surface area contributed by atoms with E-state index in [4.69, 9.17) is 5.73 Å². The van der Waals surface area contributed by atoms with Crippen LogP contribution < -0.4 is 16.4 Å². The molecule has 1 aliphatic rings. The van der Waals surface area contributed by atoms with E-state index in [9.17, 15) is 9.59 Å². The second-order valence-electron chi connectivity index (χ2n) is 4.93. The Morgan fingerprint density at radius 1 is 1.24 bits per heavy atom. The van der Waals surface area contributed by atoms with Crippen LogP contribution in [0.4, 0.5) is 0 Å². The van der Waals surface area contributed by atoms with Crippen molar-refractivity contribution in [2.45, 2.75) is 39.2 Å². The minimum atomic E-state index is -0.0761. The number of carbonyl (C=O) groups excluding carboxylic acids is 2. The van der Waals surface area contributed by atoms with Crippen LogP contribution in [0.5, 0.6) is 0 Å². The lowest BCUT2D eigenvalue weighted by molar-refractivity contribution is -0.126. The van der Waals surface area contributed by atoms with E-state index < -0.39 is 0 Å². The lowest BCUT2D eigenvalue weighted by Crippen LogP contribution is -2.43. The highest BCUT2D eigenvalue weighted by atomic mass is 16.2. The average molecular weight is 241 g/mol. The zero-order chi connectivity index (χ0) is 12.8. The van der Waals surface area contributed by atoms with Gasteiger partial charge in [-0.1, -0.05) is 6.92 Å². The third-order valence-electron chi connectivity index (χ3n) is 3.43. The molecule has 1 aliphatic carbocycles. The Hall–Kier alpha value is -1.10. The molecule has 2 amide bonds. The lowest BCUT2D eigenvalue weighted by Gasteiger charge is -2.31. The Labute approximate surface area is 103 Å². The smallest absolute Gasteiger partial charge is 0.223 e. The summed E-state index contributed by atoms with van der Waals surface area (Å²) in [5.41, 5.74) is 5.96. The topological polar surface area (TPSA) is 84.2 Å². The number of rotatable bonds is 4. The maximum Gasteiger partial charge on any atom is 0.223 e. The van der Waals surface area contributed by atoms with Crippen LogP contribution >= 0.6 is 0 Å². The molecular weight excluding hydrogens is 218 g/mol. The molecule has 1 rings (SSSR count). The molecule has 3 unspecified atom stereocenters. The van der Waals surface area contributed by atoms with E-state index in [2.05, 4.69) is 17.6 Å². The van der Waals surface area contributed by atoms with Gasteiger partial charge in [0.1, 0.15) is 0 Å². The maximum absolute atomic E-state index is 11.8. The fourth-order valence-electron chi connectivity index (χ4n) is 2.16. The van der Waals surface area contributed by atoms with Gasteiger partial charge in [0.15, 0.2) is 0 Å². The van der Waals surface area contributed by atoms with E-state index in [1.165, 1.54) is 6.92 Å². The average Bonchev–Trinajstić information content (AvgIpc) is 2.27. The third kappa shape index (κ3) is 4.73. The largest absolute Gasteiger partial charge is 0.355 e. The Bertz CT molecular complexity index is 281. The van der Waals surface area contributed by atoms with Crippen molar-refractivity contribution in [1.29, 1.82) is 0 Å². The van der Waals surface area contributed by atoms with Crippen molar-refractivity contribution in [3.63, 3.8) is 0 Å². The molecule has 5 heteroatoms. The van der Waals surface area contributed by atoms with Gasteiger partial charge in [0.25, 0.3) is 0 Å². The summed E-state index contributed by atoms with van der Waals surface area (Å²) in [6.07, 6.45) is 2.71. The van der Waals surface area contributed by atoms with Crippen molar-refractivity contribution in [1.82, 2.24) is 10.6 Å². The highest BCUT2D eigenvalue weighted by Crippen LogP contribution is 2.27. The van der Waals surface area contributed by atoms with Gasteiger partial charge in [0.05, 0.1) is 0 Å². The van der Waals surface area contributed by atoms with Gasteiger partial charge in [-0.05, 0) is 25.2 Å². The molecule has 17 heavy (non-hydrogen) atoms. The van der Waals surface area contributed by atoms with Crippen molar-refractivity contribution in [3.8, 4) is 0 Å². The minimum absolute atomic E-state index is 0.0403. The Morgan fingerprint density at radius 3 is 2.47 bits per heavy atom. The number of amides is 2. The highest BCUT2D eigenvalue weighted by Gasteiger charge is 2.29. The summed E-state index contributed by atoms with van der Waals surface area (Å²) in [5.74, 6) is 0.544. The van der Waals surface area contributed by atoms with Crippen LogP contribution in [-0.4, -0.2) is 30.9 Å². The van der Waals surface area contributed by atoms with Crippen LogP contribution in [0.3, 0.4) is 0 Å². The fraction of sp³-hybridized carbons (Fsp3) is 0.833. The van der Waals surface area contributed by atoms with Crippen molar-refractivity contribution < 1.29 is 9.59 Å². The van der Waals surface area contributed by atoms with Crippen LogP contribution in [0.15, 0.2) is 0 Å². The Balaban J connectivity index is 2.21. The van der Waals surface area contributed by atoms with Gasteiger partial charge in [0, 0.05) is 32.0 Å². The van der Waals surface area contributed by atoms with Gasteiger partial charge in [-0.3, -0.25) is 9.59 Å². The monoisotopic (exact) mass is 241 g/mol. The molecule has 0 radical (unpaired) electrons. The Morgan fingerprint density at radius 2 is 1.88 bits per heavy atom. The molecule has 1 fully saturated rings. The number of nitrogens with one attached hydrogen (secondary N) is 2. The van der Waals surface area contributed by atoms with E-state index in [1.807, 2.05) is 0 Å². The second-order valence-corrected chi connectivity index (χ2v) is 4.93. The first-order valence-electron chi connectivity index (χ1n) is 6.28. The molecule has 5 nitrogen and oxygen atoms in total. The molecule has 0 spiro atoms. The minimum Gasteiger partial charge on any atom is -0.355 e. The van der Waals surface area contributed by atoms with E-state index in [0.717, 1.165) is 19.3 Å². The van der Waals surface area contributed by atoms with E-state index in [-0.39, 0.29) is 23.8 Å². The molecule has 0 bridgehead atoms. The molecule has 0 aliphatic heterocycles. The molecule has 4 N–H and O–H groups in total. The van der Waals surface area contributed by atoms with E-state index >= 15 is 0 Å². The summed E-state index contributed by atoms with van der Waals surface area (Å²) >= 11 is 0. The number of hydrogen-bond acceptors (Lipinski definition) is 3. The van der Waals surface area contributed by atoms with Crippen LogP contribution in [0, 0.1) is 11.8 Å². The van der Waals surface area contributed by atoms with Crippen LogP contribution in [0.2, 0.25) is 0 Å². The molecule has 3 atom stereocenters. The summed E-state index contributed by atoms with van der Waals surface area (Å²) in [4.78, 5) is 22.4. The maximum atomic E-state index is 11.8. The van der Waals surface area contributed by atoms with Crippen molar-refractivity contribution in [2.24, 2.45) is 17.6 Å². The first kappa shape index (κ1) is 14.0. The molecule has 0 aromatic carbocycles. The fourth-order valence-corrected chi connectivity index (χ4v) is 2.16. The van der Waals surface area contributed by atoms with Gasteiger partial charge in [-0.15, -0.1) is 0 Å². The van der Waals surface area contributed by atoms with Crippen LogP contribution in [0.1, 0.15) is 33.1 Å². The standard InChI is InChI=1S/C12H23N3O2/c1-8-3-4-10(7-11(8)13)12(17)15-6-5-14-9(2)16/h8,10-11H,3-7,13H2,1-2H3,(H,14,16)(H,15,17). The SMILES string of the molecule is CC(=O)NCCNC(=O)C1CCC(C)C(N)C1. The molecule has 0 aromatic rings. The zero-order valence-corrected chi connectivity index (χ0v) is 10.7. The first-order chi connectivity index (χ1) is 8.00. The van der Waals surface area contributed by atoms with E-state index in [0.29, 0.717) is 19.0 Å². The number of carbonyl (C=O) groups is 2. The molecule has 0 aromatic heterocycles. The number of nitrogens with two attached hydrogens (primary N) is 1. The second kappa shape index (κ2) is 6.59. The van der Waals surface area contributed by atoms with Crippen LogP contribution in [0.25, 0.3) is 0 Å². The molecule has 0 heterocycles. The molecule has 0 saturated heterocycles.